The normalized spacial score (nSPS) is 12.5. The van der Waals surface area contributed by atoms with Gasteiger partial charge in [0.25, 0.3) is 0 Å². The van der Waals surface area contributed by atoms with Crippen LogP contribution in [0.2, 0.25) is 0 Å². The quantitative estimate of drug-likeness (QED) is 0.475. The predicted molar refractivity (Wildman–Crippen MR) is 124 cm³/mol. The number of imidazole rings is 1. The third-order valence-corrected chi connectivity index (χ3v) is 5.32. The van der Waals surface area contributed by atoms with E-state index in [4.69, 9.17) is 5.11 Å². The number of aliphatic hydroxyl groups is 1. The van der Waals surface area contributed by atoms with Crippen molar-refractivity contribution in [1.29, 1.82) is 0 Å². The Labute approximate surface area is 191 Å². The molecular formula is C24H29FN4O4. The minimum atomic E-state index is -0.908. The third-order valence-electron chi connectivity index (χ3n) is 5.32. The van der Waals surface area contributed by atoms with Crippen LogP contribution in [0.3, 0.4) is 0 Å². The highest BCUT2D eigenvalue weighted by atomic mass is 19.1. The van der Waals surface area contributed by atoms with Crippen LogP contribution in [0, 0.1) is 11.2 Å². The molecule has 0 aliphatic rings. The van der Waals surface area contributed by atoms with Crippen molar-refractivity contribution in [2.75, 3.05) is 13.2 Å². The number of nitrogens with zero attached hydrogens (tertiary/aromatic N) is 2. The van der Waals surface area contributed by atoms with Gasteiger partial charge >= 0.3 is 11.7 Å². The van der Waals surface area contributed by atoms with Gasteiger partial charge in [-0.1, -0.05) is 45.0 Å². The number of halogens is 1. The zero-order chi connectivity index (χ0) is 24.2. The minimum Gasteiger partial charge on any atom is -0.396 e. The van der Waals surface area contributed by atoms with Crippen LogP contribution in [0.4, 0.5) is 9.18 Å². The van der Waals surface area contributed by atoms with Crippen molar-refractivity contribution in [1.82, 2.24) is 19.8 Å². The first-order chi connectivity index (χ1) is 15.6. The van der Waals surface area contributed by atoms with E-state index in [9.17, 15) is 18.8 Å². The van der Waals surface area contributed by atoms with Crippen LogP contribution in [0.25, 0.3) is 11.0 Å². The standard InChI is InChI=1S/C24H29FN4O4/c1-24(2,3)20(21(31)26-13-6-14-30)27-22(32)29-19-8-5-4-7-18(19)28(23(29)33)15-16-9-11-17(25)12-10-16/h4-5,7-12,20,30H,6,13-15H2,1-3H3,(H,26,31)(H,27,32)/t20-/m1/s1. The lowest BCUT2D eigenvalue weighted by molar-refractivity contribution is -0.125. The van der Waals surface area contributed by atoms with E-state index >= 15 is 0 Å². The molecular weight excluding hydrogens is 427 g/mol. The second-order valence-corrected chi connectivity index (χ2v) is 8.94. The van der Waals surface area contributed by atoms with Gasteiger partial charge in [0.15, 0.2) is 0 Å². The number of rotatable bonds is 7. The van der Waals surface area contributed by atoms with E-state index in [1.807, 2.05) is 20.8 Å². The van der Waals surface area contributed by atoms with Crippen LogP contribution in [0.15, 0.2) is 53.3 Å². The van der Waals surface area contributed by atoms with Gasteiger partial charge in [-0.25, -0.2) is 18.5 Å². The number of hydrogen-bond donors (Lipinski definition) is 3. The van der Waals surface area contributed by atoms with Crippen molar-refractivity contribution >= 4 is 23.0 Å². The lowest BCUT2D eigenvalue weighted by atomic mass is 9.86. The molecule has 0 unspecified atom stereocenters. The summed E-state index contributed by atoms with van der Waals surface area (Å²) >= 11 is 0. The topological polar surface area (TPSA) is 105 Å². The van der Waals surface area contributed by atoms with Gasteiger partial charge in [-0.05, 0) is 41.7 Å². The highest BCUT2D eigenvalue weighted by Crippen LogP contribution is 2.20. The molecule has 0 spiro atoms. The van der Waals surface area contributed by atoms with Gasteiger partial charge in [-0.2, -0.15) is 0 Å². The molecule has 1 aromatic heterocycles. The van der Waals surface area contributed by atoms with Gasteiger partial charge in [0, 0.05) is 13.2 Å². The van der Waals surface area contributed by atoms with Gasteiger partial charge in [0.1, 0.15) is 11.9 Å². The van der Waals surface area contributed by atoms with Crippen molar-refractivity contribution in [2.45, 2.75) is 39.8 Å². The molecule has 8 nitrogen and oxygen atoms in total. The lowest BCUT2D eigenvalue weighted by Gasteiger charge is -2.30. The second kappa shape index (κ2) is 9.99. The van der Waals surface area contributed by atoms with Crippen molar-refractivity contribution in [2.24, 2.45) is 5.41 Å². The van der Waals surface area contributed by atoms with Crippen LogP contribution in [0.5, 0.6) is 0 Å². The zero-order valence-electron chi connectivity index (χ0n) is 19.0. The molecule has 3 aromatic rings. The van der Waals surface area contributed by atoms with Crippen molar-refractivity contribution in [3.8, 4) is 0 Å². The van der Waals surface area contributed by atoms with Crippen LogP contribution in [-0.4, -0.2) is 45.4 Å². The summed E-state index contributed by atoms with van der Waals surface area (Å²) in [5, 5.41) is 14.4. The molecule has 0 fully saturated rings. The largest absolute Gasteiger partial charge is 0.396 e. The average molecular weight is 457 g/mol. The summed E-state index contributed by atoms with van der Waals surface area (Å²) in [5.74, 6) is -0.772. The number of carbonyl (C=O) groups excluding carboxylic acids is 2. The number of carbonyl (C=O) groups is 2. The number of hydrogen-bond acceptors (Lipinski definition) is 4. The maximum atomic E-state index is 13.3. The third kappa shape index (κ3) is 5.48. The van der Waals surface area contributed by atoms with Crippen LogP contribution >= 0.6 is 0 Å². The van der Waals surface area contributed by atoms with E-state index in [0.717, 1.165) is 4.57 Å². The van der Waals surface area contributed by atoms with Gasteiger partial charge in [-0.15, -0.1) is 0 Å². The van der Waals surface area contributed by atoms with E-state index in [1.54, 1.807) is 36.4 Å². The Hall–Kier alpha value is -3.46. The van der Waals surface area contributed by atoms with E-state index in [2.05, 4.69) is 10.6 Å². The molecule has 0 saturated heterocycles. The van der Waals surface area contributed by atoms with Crippen LogP contribution in [0.1, 0.15) is 32.8 Å². The summed E-state index contributed by atoms with van der Waals surface area (Å²) < 4.78 is 15.7. The van der Waals surface area contributed by atoms with Gasteiger partial charge in [-0.3, -0.25) is 9.36 Å². The Bertz CT molecular complexity index is 1190. The van der Waals surface area contributed by atoms with E-state index in [1.165, 1.54) is 16.7 Å². The fourth-order valence-electron chi connectivity index (χ4n) is 3.59. The Morgan fingerprint density at radius 2 is 1.70 bits per heavy atom. The predicted octanol–water partition coefficient (Wildman–Crippen LogP) is 2.46. The number of fused-ring (bicyclic) bond motifs is 1. The maximum absolute atomic E-state index is 13.3. The van der Waals surface area contributed by atoms with Gasteiger partial charge in [0.2, 0.25) is 5.91 Å². The summed E-state index contributed by atoms with van der Waals surface area (Å²) in [7, 11) is 0. The molecule has 176 valence electrons. The molecule has 9 heteroatoms. The Kier molecular flexibility index (Phi) is 7.33. The molecule has 0 saturated carbocycles. The molecule has 33 heavy (non-hydrogen) atoms. The Morgan fingerprint density at radius 1 is 1.06 bits per heavy atom. The summed E-state index contributed by atoms with van der Waals surface area (Å²) in [6, 6.07) is 11.0. The lowest BCUT2D eigenvalue weighted by Crippen LogP contribution is -2.55. The fourth-order valence-corrected chi connectivity index (χ4v) is 3.59. The number of benzene rings is 2. The highest BCUT2D eigenvalue weighted by molar-refractivity contribution is 5.93. The highest BCUT2D eigenvalue weighted by Gasteiger charge is 2.34. The molecule has 1 atom stereocenters. The molecule has 0 radical (unpaired) electrons. The monoisotopic (exact) mass is 456 g/mol. The molecule has 1 heterocycles. The van der Waals surface area contributed by atoms with Crippen LogP contribution < -0.4 is 16.3 Å². The van der Waals surface area contributed by atoms with Crippen molar-refractivity contribution in [3.63, 3.8) is 0 Å². The number of para-hydroxylation sites is 2. The number of aromatic nitrogens is 2. The maximum Gasteiger partial charge on any atom is 0.337 e. The first-order valence-electron chi connectivity index (χ1n) is 10.8. The summed E-state index contributed by atoms with van der Waals surface area (Å²) in [6.45, 7) is 5.80. The number of aliphatic hydroxyl groups excluding tert-OH is 1. The van der Waals surface area contributed by atoms with Crippen LogP contribution in [-0.2, 0) is 11.3 Å². The molecule has 2 amide bonds. The number of nitrogens with one attached hydrogen (secondary N) is 2. The van der Waals surface area contributed by atoms with Crippen molar-refractivity contribution < 1.29 is 19.1 Å². The smallest absolute Gasteiger partial charge is 0.337 e. The summed E-state index contributed by atoms with van der Waals surface area (Å²) in [6.07, 6.45) is 0.396. The molecule has 0 aliphatic carbocycles. The first-order valence-corrected chi connectivity index (χ1v) is 10.8. The average Bonchev–Trinajstić information content (AvgIpc) is 3.04. The Morgan fingerprint density at radius 3 is 2.30 bits per heavy atom. The van der Waals surface area contributed by atoms with Crippen molar-refractivity contribution in [3.05, 3.63) is 70.4 Å². The Balaban J connectivity index is 1.96. The van der Waals surface area contributed by atoms with E-state index < -0.39 is 29.1 Å². The van der Waals surface area contributed by atoms with Gasteiger partial charge in [0.05, 0.1) is 17.6 Å². The fraction of sp³-hybridized carbons (Fsp3) is 0.375. The summed E-state index contributed by atoms with van der Waals surface area (Å²) in [5.41, 5.74) is 0.454. The molecule has 3 N–H and O–H groups in total. The molecule has 0 aliphatic heterocycles. The molecule has 0 bridgehead atoms. The number of amides is 2. The van der Waals surface area contributed by atoms with E-state index in [0.29, 0.717) is 23.0 Å². The second-order valence-electron chi connectivity index (χ2n) is 8.94. The zero-order valence-corrected chi connectivity index (χ0v) is 19.0. The molecule has 2 aromatic carbocycles. The first kappa shape index (κ1) is 24.2. The summed E-state index contributed by atoms with van der Waals surface area (Å²) in [4.78, 5) is 39.2. The molecule has 3 rings (SSSR count). The minimum absolute atomic E-state index is 0.0597. The van der Waals surface area contributed by atoms with Gasteiger partial charge < -0.3 is 15.7 Å². The van der Waals surface area contributed by atoms with E-state index in [-0.39, 0.29) is 25.5 Å². The SMILES string of the molecule is CC(C)(C)[C@H](NC(=O)n1c(=O)n(Cc2ccc(F)cc2)c2ccccc21)C(=O)NCCCO.